The second kappa shape index (κ2) is 21.1. The van der Waals surface area contributed by atoms with Crippen LogP contribution in [0.3, 0.4) is 0 Å². The number of carbonyl (C=O) groups is 4. The van der Waals surface area contributed by atoms with Crippen LogP contribution in [0.1, 0.15) is 124 Å². The maximum Gasteiger partial charge on any atom is 0.490 e. The fourth-order valence-corrected chi connectivity index (χ4v) is 11.6. The molecule has 0 radical (unpaired) electrons. The standard InChI is InChI=1S/C39H65N5O5.2C2HF3O2/c1-24-13-18-39(47-23-24)25(2)34-32(49-39)22-30-28-12-11-26-21-27(14-16-37(26,3)29(28)15-17-38(30,34)4)48-33(45)10-6-5-7-19-43-35(46)31(40)9-8-20-44-36(41)42;2*3-2(4,5)1(6)7/h11,24-25,27-32,34H,5-10,12-23,40H2,1-4H3,(H,43,46)(H4,41,42,44);2*(H,6,7)/t24-,25+,27+,28-,29+,30+,31-,32+,34+,37+,38+,39-;;/m1../s1. The highest BCUT2D eigenvalue weighted by molar-refractivity contribution is 5.81. The molecule has 360 valence electrons. The van der Waals surface area contributed by atoms with E-state index in [1.54, 1.807) is 0 Å². The van der Waals surface area contributed by atoms with Gasteiger partial charge in [-0.05, 0) is 111 Å². The van der Waals surface area contributed by atoms with Crippen LogP contribution in [0.4, 0.5) is 26.3 Å². The van der Waals surface area contributed by atoms with Crippen molar-refractivity contribution in [2.45, 2.75) is 160 Å². The Labute approximate surface area is 364 Å². The van der Waals surface area contributed by atoms with Gasteiger partial charge in [0.25, 0.3) is 0 Å². The van der Waals surface area contributed by atoms with Crippen molar-refractivity contribution in [3.63, 3.8) is 0 Å². The first-order chi connectivity index (χ1) is 29.2. The zero-order valence-corrected chi connectivity index (χ0v) is 36.7. The minimum atomic E-state index is -5.08. The fraction of sp³-hybridized carbons (Fsp3) is 0.837. The SMILES string of the molecule is C[C@@H]1CC[C@@]2(OC1)O[C@H]1C[C@H]3[C@@H]4CC=C5C[C@@H](OC(=O)CCCCCNC(=O)[C@H](N)CCCN=C(N)N)CC[C@]5(C)[C@H]4CC[C@]3(C)[C@H]1[C@@H]2C.O=C(O)C(F)(F)F.O=C(O)C(F)(F)F. The topological polar surface area (TPSA) is 239 Å². The first kappa shape index (κ1) is 52.0. The Morgan fingerprint density at radius 3 is 2.17 bits per heavy atom. The molecule has 0 bridgehead atoms. The fourth-order valence-electron chi connectivity index (χ4n) is 11.6. The molecule has 63 heavy (non-hydrogen) atoms. The zero-order valence-electron chi connectivity index (χ0n) is 36.7. The molecule has 20 heteroatoms. The number of ether oxygens (including phenoxy) is 3. The van der Waals surface area contributed by atoms with Crippen molar-refractivity contribution in [1.29, 1.82) is 0 Å². The molecule has 0 aromatic rings. The second-order valence-electron chi connectivity index (χ2n) is 18.9. The lowest BCUT2D eigenvalue weighted by atomic mass is 9.47. The van der Waals surface area contributed by atoms with E-state index < -0.39 is 30.3 Å². The third-order valence-corrected chi connectivity index (χ3v) is 14.8. The van der Waals surface area contributed by atoms with Gasteiger partial charge in [-0.15, -0.1) is 0 Å². The molecule has 0 unspecified atom stereocenters. The van der Waals surface area contributed by atoms with Crippen LogP contribution in [-0.2, 0) is 33.4 Å². The number of fused-ring (bicyclic) bond motifs is 7. The average molecular weight is 912 g/mol. The van der Waals surface area contributed by atoms with Gasteiger partial charge in [0.05, 0.1) is 18.8 Å². The van der Waals surface area contributed by atoms with Crippen LogP contribution in [0.2, 0.25) is 0 Å². The lowest BCUT2D eigenvalue weighted by molar-refractivity contribution is -0.272. The Morgan fingerprint density at radius 2 is 1.59 bits per heavy atom. The molecular formula is C43H67F6N5O9. The summed E-state index contributed by atoms with van der Waals surface area (Å²) in [6.45, 7) is 11.7. The highest BCUT2D eigenvalue weighted by atomic mass is 19.4. The first-order valence-corrected chi connectivity index (χ1v) is 22.1. The molecule has 3 saturated carbocycles. The Morgan fingerprint density at radius 1 is 0.937 bits per heavy atom. The van der Waals surface area contributed by atoms with E-state index >= 15 is 0 Å². The monoisotopic (exact) mass is 911 g/mol. The number of carbonyl (C=O) groups excluding carboxylic acids is 2. The smallest absolute Gasteiger partial charge is 0.475 e. The number of esters is 1. The van der Waals surface area contributed by atoms with Crippen molar-refractivity contribution >= 4 is 29.8 Å². The largest absolute Gasteiger partial charge is 0.490 e. The van der Waals surface area contributed by atoms with Crippen LogP contribution in [-0.4, -0.2) is 96.1 Å². The number of hydrogen-bond donors (Lipinski definition) is 6. The molecule has 4 aliphatic carbocycles. The number of carboxylic acids is 2. The predicted molar refractivity (Wildman–Crippen MR) is 218 cm³/mol. The number of amides is 1. The zero-order chi connectivity index (χ0) is 47.1. The lowest BCUT2D eigenvalue weighted by Gasteiger charge is -2.58. The molecule has 9 N–H and O–H groups in total. The van der Waals surface area contributed by atoms with Crippen LogP contribution in [0, 0.1) is 46.3 Å². The van der Waals surface area contributed by atoms with Crippen molar-refractivity contribution < 1.29 is 69.9 Å². The maximum atomic E-state index is 12.8. The summed E-state index contributed by atoms with van der Waals surface area (Å²) in [4.78, 5) is 46.7. The number of nitrogens with two attached hydrogens (primary N) is 3. The van der Waals surface area contributed by atoms with E-state index in [0.29, 0.717) is 79.4 Å². The highest BCUT2D eigenvalue weighted by Gasteiger charge is 2.68. The van der Waals surface area contributed by atoms with Crippen molar-refractivity contribution in [2.24, 2.45) is 68.5 Å². The number of unbranched alkanes of at least 4 members (excludes halogenated alkanes) is 2. The van der Waals surface area contributed by atoms with Crippen LogP contribution < -0.4 is 22.5 Å². The minimum absolute atomic E-state index is 0.0144. The van der Waals surface area contributed by atoms with E-state index in [1.807, 2.05) is 0 Å². The van der Waals surface area contributed by atoms with Gasteiger partial charge in [0.1, 0.15) is 6.10 Å². The first-order valence-electron chi connectivity index (χ1n) is 22.1. The van der Waals surface area contributed by atoms with E-state index in [0.717, 1.165) is 58.0 Å². The van der Waals surface area contributed by atoms with Crippen LogP contribution >= 0.6 is 0 Å². The van der Waals surface area contributed by atoms with E-state index in [-0.39, 0.29) is 35.1 Å². The van der Waals surface area contributed by atoms with E-state index in [1.165, 1.54) is 31.3 Å². The third kappa shape index (κ3) is 12.8. The van der Waals surface area contributed by atoms with Crippen molar-refractivity contribution in [3.8, 4) is 0 Å². The van der Waals surface area contributed by atoms with Gasteiger partial charge in [-0.1, -0.05) is 45.8 Å². The number of alkyl halides is 6. The molecule has 1 spiro atoms. The molecule has 12 atom stereocenters. The van der Waals surface area contributed by atoms with Gasteiger partial charge in [-0.2, -0.15) is 26.3 Å². The molecule has 2 heterocycles. The lowest BCUT2D eigenvalue weighted by Crippen LogP contribution is -2.52. The van der Waals surface area contributed by atoms with E-state index in [4.69, 9.17) is 51.2 Å². The summed E-state index contributed by atoms with van der Waals surface area (Å²) in [6, 6.07) is -0.570. The van der Waals surface area contributed by atoms with Crippen molar-refractivity contribution in [3.05, 3.63) is 11.6 Å². The van der Waals surface area contributed by atoms with Gasteiger partial charge in [-0.3, -0.25) is 14.6 Å². The molecular weight excluding hydrogens is 844 g/mol. The van der Waals surface area contributed by atoms with Gasteiger partial charge in [0.2, 0.25) is 5.91 Å². The highest BCUT2D eigenvalue weighted by Crippen LogP contribution is 2.70. The number of hydrogen-bond acceptors (Lipinski definition) is 9. The molecule has 6 aliphatic rings. The maximum absolute atomic E-state index is 12.8. The molecule has 0 aromatic heterocycles. The van der Waals surface area contributed by atoms with Crippen LogP contribution in [0.15, 0.2) is 16.6 Å². The number of allylic oxidation sites excluding steroid dienone is 1. The summed E-state index contributed by atoms with van der Waals surface area (Å²) in [5.41, 5.74) is 18.7. The Kier molecular flexibility index (Phi) is 17.4. The van der Waals surface area contributed by atoms with Gasteiger partial charge >= 0.3 is 30.3 Å². The number of nitrogens with zero attached hydrogens (tertiary/aromatic N) is 1. The molecule has 2 saturated heterocycles. The summed E-state index contributed by atoms with van der Waals surface area (Å²) < 4.78 is 83.0. The quantitative estimate of drug-likeness (QED) is 0.0304. The Bertz CT molecular complexity index is 1640. The Balaban J connectivity index is 0.000000537. The molecule has 14 nitrogen and oxygen atoms in total. The molecule has 0 aromatic carbocycles. The van der Waals surface area contributed by atoms with E-state index in [9.17, 15) is 35.9 Å². The van der Waals surface area contributed by atoms with Gasteiger partial charge < -0.3 is 46.9 Å². The number of guanidine groups is 1. The molecule has 6 rings (SSSR count). The summed E-state index contributed by atoms with van der Waals surface area (Å²) in [5, 5.41) is 17.1. The molecule has 5 fully saturated rings. The predicted octanol–water partition coefficient (Wildman–Crippen LogP) is 6.59. The Hall–Kier alpha value is -3.65. The minimum Gasteiger partial charge on any atom is -0.475 e. The average Bonchev–Trinajstić information content (AvgIpc) is 3.64. The summed E-state index contributed by atoms with van der Waals surface area (Å²) in [6.07, 6.45) is 6.85. The number of nitrogens with one attached hydrogen (secondary N) is 1. The van der Waals surface area contributed by atoms with Gasteiger partial charge in [0.15, 0.2) is 11.7 Å². The summed E-state index contributed by atoms with van der Waals surface area (Å²) in [7, 11) is 0. The number of aliphatic carboxylic acids is 2. The van der Waals surface area contributed by atoms with Crippen LogP contribution in [0.25, 0.3) is 0 Å². The van der Waals surface area contributed by atoms with Crippen molar-refractivity contribution in [1.82, 2.24) is 5.32 Å². The summed E-state index contributed by atoms with van der Waals surface area (Å²) >= 11 is 0. The number of halogens is 6. The summed E-state index contributed by atoms with van der Waals surface area (Å²) in [5.74, 6) is -2.26. The van der Waals surface area contributed by atoms with Gasteiger partial charge in [0, 0.05) is 38.3 Å². The van der Waals surface area contributed by atoms with Gasteiger partial charge in [-0.25, -0.2) is 9.59 Å². The van der Waals surface area contributed by atoms with Crippen LogP contribution in [0.5, 0.6) is 0 Å². The molecule has 1 amide bonds. The second-order valence-corrected chi connectivity index (χ2v) is 18.9. The van der Waals surface area contributed by atoms with E-state index in [2.05, 4.69) is 44.1 Å². The normalized spacial score (nSPS) is 34.7. The van der Waals surface area contributed by atoms with Crippen molar-refractivity contribution in [2.75, 3.05) is 19.7 Å². The number of aliphatic imine (C=N–C) groups is 1. The number of carboxylic acid groups (broad SMARTS) is 2. The molecule has 2 aliphatic heterocycles. The number of rotatable bonds is 12. The third-order valence-electron chi connectivity index (χ3n) is 14.8.